The van der Waals surface area contributed by atoms with E-state index in [1.165, 1.54) is 25.2 Å². The number of ether oxygens (including phenoxy) is 2. The summed E-state index contributed by atoms with van der Waals surface area (Å²) >= 11 is 0.947. The van der Waals surface area contributed by atoms with Crippen LogP contribution in [0.4, 0.5) is 0 Å². The number of fused-ring (bicyclic) bond motifs is 1. The van der Waals surface area contributed by atoms with Gasteiger partial charge in [0, 0.05) is 18.0 Å². The molecule has 1 aromatic carbocycles. The van der Waals surface area contributed by atoms with E-state index in [-0.39, 0.29) is 52.9 Å². The van der Waals surface area contributed by atoms with E-state index in [1.54, 1.807) is 25.1 Å². The minimum absolute atomic E-state index is 0.0190. The predicted molar refractivity (Wildman–Crippen MR) is 113 cm³/mol. The maximum atomic E-state index is 13.1. The van der Waals surface area contributed by atoms with E-state index in [9.17, 15) is 22.8 Å². The van der Waals surface area contributed by atoms with E-state index >= 15 is 0 Å². The molecule has 31 heavy (non-hydrogen) atoms. The van der Waals surface area contributed by atoms with E-state index in [0.29, 0.717) is 10.4 Å². The van der Waals surface area contributed by atoms with E-state index in [1.807, 2.05) is 0 Å². The quantitative estimate of drug-likeness (QED) is 0.645. The lowest BCUT2D eigenvalue weighted by atomic mass is 10.0. The first-order valence-corrected chi connectivity index (χ1v) is 11.7. The highest BCUT2D eigenvalue weighted by atomic mass is 32.2. The molecule has 1 N–H and O–H groups in total. The first kappa shape index (κ1) is 22.9. The Bertz CT molecular complexity index is 1140. The van der Waals surface area contributed by atoms with Gasteiger partial charge >= 0.3 is 11.9 Å². The minimum Gasteiger partial charge on any atom is -0.465 e. The van der Waals surface area contributed by atoms with Crippen LogP contribution >= 0.6 is 11.3 Å². The van der Waals surface area contributed by atoms with E-state index in [2.05, 4.69) is 4.72 Å². The molecule has 1 amide bonds. The fraction of sp³-hybridized carbons (Fsp3) is 0.350. The van der Waals surface area contributed by atoms with Crippen LogP contribution < -0.4 is 4.72 Å². The molecule has 0 fully saturated rings. The first-order valence-electron chi connectivity index (χ1n) is 9.44. The van der Waals surface area contributed by atoms with Crippen LogP contribution in [0.2, 0.25) is 0 Å². The highest BCUT2D eigenvalue weighted by Gasteiger charge is 2.35. The molecule has 2 heterocycles. The monoisotopic (exact) mass is 466 g/mol. The Labute approximate surface area is 184 Å². The first-order chi connectivity index (χ1) is 14.7. The number of benzene rings is 1. The van der Waals surface area contributed by atoms with Crippen LogP contribution in [0.1, 0.15) is 48.4 Å². The average molecular weight is 467 g/mol. The van der Waals surface area contributed by atoms with E-state index in [4.69, 9.17) is 9.47 Å². The SMILES string of the molecule is CCNS(=O)(=O)c1sc2c(c1C(=O)OC)CCN(C(=O)c1ccccc1C(=O)OC)C2. The Hall–Kier alpha value is -2.76. The summed E-state index contributed by atoms with van der Waals surface area (Å²) in [5, 5.41) is 0. The number of esters is 2. The molecule has 0 aliphatic carbocycles. The number of rotatable bonds is 6. The van der Waals surface area contributed by atoms with Crippen molar-refractivity contribution in [2.75, 3.05) is 27.3 Å². The third-order valence-electron chi connectivity index (χ3n) is 4.84. The van der Waals surface area contributed by atoms with Gasteiger partial charge in [0.1, 0.15) is 4.21 Å². The molecule has 1 aliphatic rings. The van der Waals surface area contributed by atoms with Gasteiger partial charge in [-0.1, -0.05) is 19.1 Å². The van der Waals surface area contributed by atoms with Crippen LogP contribution in [0.5, 0.6) is 0 Å². The molecule has 9 nitrogen and oxygen atoms in total. The second-order valence-electron chi connectivity index (χ2n) is 6.67. The summed E-state index contributed by atoms with van der Waals surface area (Å²) in [7, 11) is -1.47. The van der Waals surface area contributed by atoms with Gasteiger partial charge in [0.25, 0.3) is 15.9 Å². The third-order valence-corrected chi connectivity index (χ3v) is 8.12. The molecule has 3 rings (SSSR count). The molecule has 0 saturated carbocycles. The van der Waals surface area contributed by atoms with Gasteiger partial charge in [-0.2, -0.15) is 0 Å². The minimum atomic E-state index is -3.90. The number of carbonyl (C=O) groups excluding carboxylic acids is 3. The topological polar surface area (TPSA) is 119 Å². The Morgan fingerprint density at radius 2 is 1.74 bits per heavy atom. The molecule has 2 aromatic rings. The number of hydrogen-bond acceptors (Lipinski definition) is 8. The van der Waals surface area contributed by atoms with Crippen LogP contribution in [-0.4, -0.2) is 58.5 Å². The Morgan fingerprint density at radius 1 is 1.10 bits per heavy atom. The normalized spacial score (nSPS) is 13.5. The van der Waals surface area contributed by atoms with Gasteiger partial charge in [-0.3, -0.25) is 4.79 Å². The Kier molecular flexibility index (Phi) is 6.77. The van der Waals surface area contributed by atoms with Gasteiger partial charge in [-0.15, -0.1) is 11.3 Å². The standard InChI is InChI=1S/C20H22N2O7S2/c1-4-21-31(26,27)20-16(19(25)29-3)14-9-10-22(11-15(14)30-20)17(23)12-7-5-6-8-13(12)18(24)28-2/h5-8,21H,4,9-11H2,1-3H3. The molecular formula is C20H22N2O7S2. The van der Waals surface area contributed by atoms with Crippen LogP contribution in [0.15, 0.2) is 28.5 Å². The fourth-order valence-corrected chi connectivity index (χ4v) is 6.42. The van der Waals surface area contributed by atoms with E-state index in [0.717, 1.165) is 11.3 Å². The van der Waals surface area contributed by atoms with Crippen LogP contribution in [-0.2, 0) is 32.5 Å². The van der Waals surface area contributed by atoms with Gasteiger partial charge in [0.15, 0.2) is 0 Å². The van der Waals surface area contributed by atoms with Crippen molar-refractivity contribution in [2.45, 2.75) is 24.1 Å². The maximum Gasteiger partial charge on any atom is 0.340 e. The van der Waals surface area contributed by atoms with Crippen molar-refractivity contribution >= 4 is 39.2 Å². The van der Waals surface area contributed by atoms with Crippen molar-refractivity contribution in [1.82, 2.24) is 9.62 Å². The highest BCUT2D eigenvalue weighted by Crippen LogP contribution is 2.37. The van der Waals surface area contributed by atoms with Gasteiger partial charge in [0.05, 0.1) is 37.5 Å². The van der Waals surface area contributed by atoms with Crippen LogP contribution in [0.25, 0.3) is 0 Å². The number of methoxy groups -OCH3 is 2. The van der Waals surface area contributed by atoms with Crippen LogP contribution in [0, 0.1) is 0 Å². The largest absolute Gasteiger partial charge is 0.465 e. The molecule has 1 aliphatic heterocycles. The zero-order valence-corrected chi connectivity index (χ0v) is 18.9. The average Bonchev–Trinajstić information content (AvgIpc) is 3.17. The molecule has 0 unspecified atom stereocenters. The zero-order valence-electron chi connectivity index (χ0n) is 17.3. The van der Waals surface area contributed by atoms with Gasteiger partial charge in [-0.25, -0.2) is 22.7 Å². The molecule has 0 radical (unpaired) electrons. The summed E-state index contributed by atoms with van der Waals surface area (Å²) in [6.07, 6.45) is 0.282. The molecule has 0 bridgehead atoms. The van der Waals surface area contributed by atoms with Crippen molar-refractivity contribution in [1.29, 1.82) is 0 Å². The number of hydrogen-bond donors (Lipinski definition) is 1. The van der Waals surface area contributed by atoms with Crippen molar-refractivity contribution in [2.24, 2.45) is 0 Å². The summed E-state index contributed by atoms with van der Waals surface area (Å²) in [6, 6.07) is 6.34. The van der Waals surface area contributed by atoms with Gasteiger partial charge < -0.3 is 14.4 Å². The summed E-state index contributed by atoms with van der Waals surface area (Å²) in [4.78, 5) is 39.6. The number of nitrogens with one attached hydrogen (secondary N) is 1. The molecular weight excluding hydrogens is 444 g/mol. The lowest BCUT2D eigenvalue weighted by Gasteiger charge is -2.27. The molecule has 0 atom stereocenters. The Balaban J connectivity index is 2.00. The second-order valence-corrected chi connectivity index (χ2v) is 9.74. The van der Waals surface area contributed by atoms with Gasteiger partial charge in [0.2, 0.25) is 0 Å². The zero-order chi connectivity index (χ0) is 22.8. The summed E-state index contributed by atoms with van der Waals surface area (Å²) in [5.74, 6) is -1.73. The highest BCUT2D eigenvalue weighted by molar-refractivity contribution is 7.91. The van der Waals surface area contributed by atoms with E-state index < -0.39 is 22.0 Å². The molecule has 0 spiro atoms. The smallest absolute Gasteiger partial charge is 0.340 e. The molecule has 166 valence electrons. The Morgan fingerprint density at radius 3 is 2.35 bits per heavy atom. The summed E-state index contributed by atoms with van der Waals surface area (Å²) in [6.45, 7) is 2.17. The number of nitrogens with zero attached hydrogens (tertiary/aromatic N) is 1. The van der Waals surface area contributed by atoms with Crippen molar-refractivity contribution in [3.8, 4) is 0 Å². The number of amides is 1. The molecule has 0 saturated heterocycles. The molecule has 11 heteroatoms. The number of sulfonamides is 1. The van der Waals surface area contributed by atoms with Crippen LogP contribution in [0.3, 0.4) is 0 Å². The van der Waals surface area contributed by atoms with Gasteiger partial charge in [-0.05, 0) is 24.1 Å². The third kappa shape index (κ3) is 4.34. The number of thiophene rings is 1. The number of carbonyl (C=O) groups is 3. The summed E-state index contributed by atoms with van der Waals surface area (Å²) in [5.41, 5.74) is 0.935. The fourth-order valence-electron chi connectivity index (χ4n) is 3.43. The summed E-state index contributed by atoms with van der Waals surface area (Å²) < 4.78 is 37.1. The lowest BCUT2D eigenvalue weighted by Crippen LogP contribution is -2.36. The van der Waals surface area contributed by atoms with Crippen molar-refractivity contribution in [3.63, 3.8) is 0 Å². The lowest BCUT2D eigenvalue weighted by molar-refractivity contribution is 0.0581. The molecule has 1 aromatic heterocycles. The second kappa shape index (κ2) is 9.16. The predicted octanol–water partition coefficient (Wildman–Crippen LogP) is 1.82. The van der Waals surface area contributed by atoms with Crippen molar-refractivity contribution < 1.29 is 32.3 Å². The maximum absolute atomic E-state index is 13.1. The van der Waals surface area contributed by atoms with Crippen molar-refractivity contribution in [3.05, 3.63) is 51.4 Å².